The lowest BCUT2D eigenvalue weighted by molar-refractivity contribution is -0.122. The Balaban J connectivity index is 2.12. The van der Waals surface area contributed by atoms with E-state index in [9.17, 15) is 4.79 Å². The van der Waals surface area contributed by atoms with Crippen molar-refractivity contribution in [3.8, 4) is 0 Å². The first-order valence-electron chi connectivity index (χ1n) is 5.23. The van der Waals surface area contributed by atoms with Crippen LogP contribution in [-0.4, -0.2) is 36.4 Å². The summed E-state index contributed by atoms with van der Waals surface area (Å²) >= 11 is 0. The van der Waals surface area contributed by atoms with Gasteiger partial charge in [-0.3, -0.25) is 4.79 Å². The molecule has 0 aliphatic carbocycles. The number of carbonyl (C=O) groups excluding carboxylic acids is 1. The Morgan fingerprint density at radius 3 is 2.79 bits per heavy atom. The second-order valence-electron chi connectivity index (χ2n) is 3.84. The first-order valence-corrected chi connectivity index (χ1v) is 5.23. The Morgan fingerprint density at radius 1 is 1.57 bits per heavy atom. The smallest absolute Gasteiger partial charge is 0.220 e. The fourth-order valence-electron chi connectivity index (χ4n) is 1.48. The van der Waals surface area contributed by atoms with Crippen LogP contribution in [0.4, 0.5) is 0 Å². The zero-order valence-corrected chi connectivity index (χ0v) is 8.66. The second-order valence-corrected chi connectivity index (χ2v) is 3.84. The van der Waals surface area contributed by atoms with Gasteiger partial charge in [0.25, 0.3) is 0 Å². The normalized spacial score (nSPS) is 20.4. The molecule has 4 heteroatoms. The van der Waals surface area contributed by atoms with Crippen LogP contribution < -0.4 is 5.32 Å². The third-order valence-electron chi connectivity index (χ3n) is 2.38. The summed E-state index contributed by atoms with van der Waals surface area (Å²) < 4.78 is 5.19. The summed E-state index contributed by atoms with van der Waals surface area (Å²) in [5.41, 5.74) is 0. The number of ether oxygens (including phenoxy) is 1. The van der Waals surface area contributed by atoms with Crippen molar-refractivity contribution in [1.29, 1.82) is 0 Å². The first-order chi connectivity index (χ1) is 6.68. The van der Waals surface area contributed by atoms with Gasteiger partial charge in [-0.25, -0.2) is 0 Å². The van der Waals surface area contributed by atoms with Gasteiger partial charge in [-0.15, -0.1) is 0 Å². The van der Waals surface area contributed by atoms with Crippen molar-refractivity contribution in [1.82, 2.24) is 5.32 Å². The molecule has 0 bridgehead atoms. The summed E-state index contributed by atoms with van der Waals surface area (Å²) in [5, 5.41) is 12.0. The molecule has 0 aromatic rings. The molecule has 1 aliphatic heterocycles. The average molecular weight is 201 g/mol. The molecule has 0 radical (unpaired) electrons. The van der Waals surface area contributed by atoms with E-state index < -0.39 is 6.10 Å². The van der Waals surface area contributed by atoms with E-state index in [0.717, 1.165) is 26.1 Å². The molecule has 1 aliphatic rings. The van der Waals surface area contributed by atoms with E-state index in [1.165, 1.54) is 0 Å². The number of nitrogens with one attached hydrogen (secondary N) is 1. The minimum absolute atomic E-state index is 0.0396. The number of carbonyl (C=O) groups is 1. The molecule has 82 valence electrons. The summed E-state index contributed by atoms with van der Waals surface area (Å²) in [4.78, 5) is 11.4. The molecule has 2 N–H and O–H groups in total. The van der Waals surface area contributed by atoms with Gasteiger partial charge in [-0.1, -0.05) is 0 Å². The zero-order chi connectivity index (χ0) is 10.4. The van der Waals surface area contributed by atoms with E-state index in [1.807, 2.05) is 0 Å². The minimum Gasteiger partial charge on any atom is -0.393 e. The lowest BCUT2D eigenvalue weighted by atomic mass is 10.1. The van der Waals surface area contributed by atoms with Crippen molar-refractivity contribution in [2.45, 2.75) is 44.8 Å². The number of aliphatic hydroxyl groups excluding tert-OH is 1. The molecule has 0 aromatic heterocycles. The van der Waals surface area contributed by atoms with Gasteiger partial charge in [0.05, 0.1) is 6.10 Å². The van der Waals surface area contributed by atoms with Crippen LogP contribution in [0.5, 0.6) is 0 Å². The maximum absolute atomic E-state index is 11.4. The third-order valence-corrected chi connectivity index (χ3v) is 2.38. The fraction of sp³-hybridized carbons (Fsp3) is 0.900. The second kappa shape index (κ2) is 5.98. The minimum atomic E-state index is -0.393. The maximum Gasteiger partial charge on any atom is 0.220 e. The van der Waals surface area contributed by atoms with Crippen molar-refractivity contribution < 1.29 is 14.6 Å². The van der Waals surface area contributed by atoms with E-state index >= 15 is 0 Å². The Labute approximate surface area is 84.6 Å². The fourth-order valence-corrected chi connectivity index (χ4v) is 1.48. The quantitative estimate of drug-likeness (QED) is 0.694. The Morgan fingerprint density at radius 2 is 2.21 bits per heavy atom. The highest BCUT2D eigenvalue weighted by Gasteiger charge is 2.15. The molecule has 1 atom stereocenters. The lowest BCUT2D eigenvalue weighted by Crippen LogP contribution is -2.39. The predicted octanol–water partition coefficient (Wildman–Crippen LogP) is 0.443. The largest absolute Gasteiger partial charge is 0.393 e. The molecular formula is C10H19NO3. The van der Waals surface area contributed by atoms with Gasteiger partial charge in [-0.2, -0.15) is 0 Å². The highest BCUT2D eigenvalue weighted by molar-refractivity contribution is 5.76. The maximum atomic E-state index is 11.4. The lowest BCUT2D eigenvalue weighted by Gasteiger charge is -2.23. The van der Waals surface area contributed by atoms with Crippen molar-refractivity contribution >= 4 is 5.91 Å². The molecule has 0 aromatic carbocycles. The Hall–Kier alpha value is -0.610. The van der Waals surface area contributed by atoms with Crippen LogP contribution >= 0.6 is 0 Å². The van der Waals surface area contributed by atoms with Gasteiger partial charge >= 0.3 is 0 Å². The molecule has 0 spiro atoms. The number of rotatable bonds is 4. The molecule has 4 nitrogen and oxygen atoms in total. The third kappa shape index (κ3) is 4.58. The van der Waals surface area contributed by atoms with E-state index in [0.29, 0.717) is 12.8 Å². The average Bonchev–Trinajstić information content (AvgIpc) is 2.16. The Kier molecular flexibility index (Phi) is 4.90. The van der Waals surface area contributed by atoms with Crippen LogP contribution in [0, 0.1) is 0 Å². The van der Waals surface area contributed by atoms with Gasteiger partial charge in [-0.05, 0) is 26.2 Å². The summed E-state index contributed by atoms with van der Waals surface area (Å²) in [6.07, 6.45) is 2.36. The van der Waals surface area contributed by atoms with Gasteiger partial charge in [0, 0.05) is 25.7 Å². The topological polar surface area (TPSA) is 58.6 Å². The van der Waals surface area contributed by atoms with Crippen LogP contribution in [0.2, 0.25) is 0 Å². The van der Waals surface area contributed by atoms with Crippen LogP contribution in [-0.2, 0) is 9.53 Å². The van der Waals surface area contributed by atoms with Crippen LogP contribution in [0.15, 0.2) is 0 Å². The number of aliphatic hydroxyl groups is 1. The van der Waals surface area contributed by atoms with Gasteiger partial charge in [0.2, 0.25) is 5.91 Å². The molecule has 1 fully saturated rings. The summed E-state index contributed by atoms with van der Waals surface area (Å²) in [7, 11) is 0. The van der Waals surface area contributed by atoms with E-state index in [4.69, 9.17) is 9.84 Å². The molecule has 1 rings (SSSR count). The molecule has 14 heavy (non-hydrogen) atoms. The highest BCUT2D eigenvalue weighted by Crippen LogP contribution is 2.06. The van der Waals surface area contributed by atoms with E-state index in [1.54, 1.807) is 6.92 Å². The van der Waals surface area contributed by atoms with Crippen molar-refractivity contribution in [2.75, 3.05) is 13.2 Å². The van der Waals surface area contributed by atoms with Crippen LogP contribution in [0.25, 0.3) is 0 Å². The van der Waals surface area contributed by atoms with E-state index in [2.05, 4.69) is 5.32 Å². The number of hydrogen-bond acceptors (Lipinski definition) is 3. The number of amides is 1. The van der Waals surface area contributed by atoms with Crippen molar-refractivity contribution in [2.24, 2.45) is 0 Å². The first kappa shape index (κ1) is 11.5. The molecule has 1 amide bonds. The zero-order valence-electron chi connectivity index (χ0n) is 8.66. The Bertz CT molecular complexity index is 176. The van der Waals surface area contributed by atoms with Crippen molar-refractivity contribution in [3.63, 3.8) is 0 Å². The predicted molar refractivity (Wildman–Crippen MR) is 52.9 cm³/mol. The standard InChI is InChI=1S/C10H19NO3/c1-8(12)2-3-10(13)11-9-4-6-14-7-5-9/h8-9,12H,2-7H2,1H3,(H,11,13). The van der Waals surface area contributed by atoms with E-state index in [-0.39, 0.29) is 11.9 Å². The van der Waals surface area contributed by atoms with Crippen LogP contribution in [0.3, 0.4) is 0 Å². The molecule has 1 heterocycles. The number of hydrogen-bond donors (Lipinski definition) is 2. The molecule has 1 unspecified atom stereocenters. The SMILES string of the molecule is CC(O)CCC(=O)NC1CCOCC1. The molecular weight excluding hydrogens is 182 g/mol. The van der Waals surface area contributed by atoms with Gasteiger partial charge in [0.15, 0.2) is 0 Å². The van der Waals surface area contributed by atoms with Crippen LogP contribution in [0.1, 0.15) is 32.6 Å². The summed E-state index contributed by atoms with van der Waals surface area (Å²) in [6.45, 7) is 3.17. The summed E-state index contributed by atoms with van der Waals surface area (Å²) in [5.74, 6) is 0.0396. The summed E-state index contributed by atoms with van der Waals surface area (Å²) in [6, 6.07) is 0.269. The highest BCUT2D eigenvalue weighted by atomic mass is 16.5. The molecule has 1 saturated heterocycles. The molecule has 0 saturated carbocycles. The van der Waals surface area contributed by atoms with Gasteiger partial charge in [0.1, 0.15) is 0 Å². The van der Waals surface area contributed by atoms with Crippen molar-refractivity contribution in [3.05, 3.63) is 0 Å². The van der Waals surface area contributed by atoms with Gasteiger partial charge < -0.3 is 15.2 Å². The monoisotopic (exact) mass is 201 g/mol.